The molecule has 1 aliphatic rings. The summed E-state index contributed by atoms with van der Waals surface area (Å²) in [4.78, 5) is 27.9. The first-order valence-electron chi connectivity index (χ1n) is 6.46. The first-order chi connectivity index (χ1) is 9.61. The Balaban J connectivity index is 2.12. The minimum Gasteiger partial charge on any atom is -0.465 e. The highest BCUT2D eigenvalue weighted by atomic mass is 16.5. The van der Waals surface area contributed by atoms with Crippen molar-refractivity contribution in [2.75, 3.05) is 18.5 Å². The van der Waals surface area contributed by atoms with Crippen molar-refractivity contribution in [2.24, 2.45) is 4.99 Å². The zero-order valence-corrected chi connectivity index (χ0v) is 11.5. The first-order valence-corrected chi connectivity index (χ1v) is 6.46. The number of rotatable bonds is 4. The topological polar surface area (TPSA) is 79.8 Å². The van der Waals surface area contributed by atoms with E-state index in [1.165, 1.54) is 0 Å². The van der Waals surface area contributed by atoms with Crippen LogP contribution in [0.15, 0.2) is 29.3 Å². The zero-order valence-electron chi connectivity index (χ0n) is 11.5. The quantitative estimate of drug-likeness (QED) is 0.811. The number of carbonyl (C=O) groups is 2. The molecule has 1 amide bonds. The lowest BCUT2D eigenvalue weighted by Gasteiger charge is -2.15. The van der Waals surface area contributed by atoms with E-state index in [4.69, 9.17) is 4.74 Å². The fourth-order valence-electron chi connectivity index (χ4n) is 1.96. The van der Waals surface area contributed by atoms with Crippen molar-refractivity contribution in [3.8, 4) is 0 Å². The van der Waals surface area contributed by atoms with Crippen LogP contribution in [0.25, 0.3) is 0 Å². The van der Waals surface area contributed by atoms with Gasteiger partial charge in [0.15, 0.2) is 0 Å². The Morgan fingerprint density at radius 2 is 2.20 bits per heavy atom. The summed E-state index contributed by atoms with van der Waals surface area (Å²) in [6.45, 7) is 3.77. The molecule has 1 aromatic rings. The van der Waals surface area contributed by atoms with Gasteiger partial charge < -0.3 is 10.1 Å². The van der Waals surface area contributed by atoms with E-state index in [0.29, 0.717) is 23.7 Å². The fourth-order valence-corrected chi connectivity index (χ4v) is 1.96. The molecule has 1 unspecified atom stereocenters. The van der Waals surface area contributed by atoms with E-state index in [1.807, 2.05) is 18.2 Å². The molecule has 20 heavy (non-hydrogen) atoms. The summed E-state index contributed by atoms with van der Waals surface area (Å²) in [5, 5.41) is 5.65. The van der Waals surface area contributed by atoms with E-state index in [9.17, 15) is 9.59 Å². The van der Waals surface area contributed by atoms with Gasteiger partial charge in [-0.25, -0.2) is 0 Å². The van der Waals surface area contributed by atoms with E-state index in [0.717, 1.165) is 0 Å². The zero-order chi connectivity index (χ0) is 14.5. The SMILES string of the molecule is CCOC(=O)CNC1C(=O)Nc2ccccc2N=C1C. The summed E-state index contributed by atoms with van der Waals surface area (Å²) < 4.78 is 4.82. The average molecular weight is 275 g/mol. The molecule has 1 atom stereocenters. The lowest BCUT2D eigenvalue weighted by atomic mass is 10.2. The lowest BCUT2D eigenvalue weighted by Crippen LogP contribution is -2.47. The molecule has 6 heteroatoms. The first kappa shape index (κ1) is 14.2. The van der Waals surface area contributed by atoms with Crippen molar-refractivity contribution in [3.63, 3.8) is 0 Å². The molecule has 0 bridgehead atoms. The summed E-state index contributed by atoms with van der Waals surface area (Å²) in [5.41, 5.74) is 1.98. The Labute approximate surface area is 117 Å². The van der Waals surface area contributed by atoms with Crippen LogP contribution in [0.3, 0.4) is 0 Å². The second kappa shape index (κ2) is 6.29. The predicted molar refractivity (Wildman–Crippen MR) is 76.3 cm³/mol. The number of nitrogens with one attached hydrogen (secondary N) is 2. The molecule has 6 nitrogen and oxygen atoms in total. The van der Waals surface area contributed by atoms with E-state index in [1.54, 1.807) is 19.9 Å². The standard InChI is InChI=1S/C14H17N3O3/c1-3-20-12(18)8-15-13-9(2)16-10-6-4-5-7-11(10)17-14(13)19/h4-7,13,15H,3,8H2,1-2H3,(H,17,19). The maximum absolute atomic E-state index is 12.2. The van der Waals surface area contributed by atoms with Gasteiger partial charge in [0, 0.05) is 5.71 Å². The molecule has 0 radical (unpaired) electrons. The molecule has 0 saturated carbocycles. The average Bonchev–Trinajstić information content (AvgIpc) is 2.52. The minimum absolute atomic E-state index is 0.0326. The molecule has 106 valence electrons. The summed E-state index contributed by atoms with van der Waals surface area (Å²) in [7, 11) is 0. The van der Waals surface area contributed by atoms with Crippen molar-refractivity contribution < 1.29 is 14.3 Å². The number of para-hydroxylation sites is 2. The van der Waals surface area contributed by atoms with E-state index < -0.39 is 12.0 Å². The van der Waals surface area contributed by atoms with Crippen LogP contribution in [0.2, 0.25) is 0 Å². The second-order valence-electron chi connectivity index (χ2n) is 4.38. The normalized spacial score (nSPS) is 17.6. The van der Waals surface area contributed by atoms with Crippen molar-refractivity contribution in [1.29, 1.82) is 0 Å². The number of ether oxygens (including phenoxy) is 1. The molecular formula is C14H17N3O3. The van der Waals surface area contributed by atoms with Crippen molar-refractivity contribution in [3.05, 3.63) is 24.3 Å². The van der Waals surface area contributed by atoms with Crippen LogP contribution in [0.5, 0.6) is 0 Å². The molecule has 0 spiro atoms. The number of hydrogen-bond donors (Lipinski definition) is 2. The van der Waals surface area contributed by atoms with Crippen LogP contribution >= 0.6 is 0 Å². The molecule has 0 fully saturated rings. The summed E-state index contributed by atoms with van der Waals surface area (Å²) in [5.74, 6) is -0.629. The van der Waals surface area contributed by atoms with Gasteiger partial charge in [0.1, 0.15) is 6.04 Å². The third kappa shape index (κ3) is 3.21. The Bertz CT molecular complexity index is 554. The smallest absolute Gasteiger partial charge is 0.319 e. The number of esters is 1. The van der Waals surface area contributed by atoms with Gasteiger partial charge in [-0.2, -0.15) is 0 Å². The highest BCUT2D eigenvalue weighted by molar-refractivity contribution is 6.15. The number of amides is 1. The van der Waals surface area contributed by atoms with Crippen molar-refractivity contribution in [1.82, 2.24) is 5.32 Å². The Kier molecular flexibility index (Phi) is 4.47. The second-order valence-corrected chi connectivity index (χ2v) is 4.38. The molecular weight excluding hydrogens is 258 g/mol. The molecule has 1 aromatic carbocycles. The lowest BCUT2D eigenvalue weighted by molar-refractivity contribution is -0.142. The van der Waals surface area contributed by atoms with Crippen LogP contribution in [0.4, 0.5) is 11.4 Å². The number of fused-ring (bicyclic) bond motifs is 1. The Morgan fingerprint density at radius 3 is 2.95 bits per heavy atom. The molecule has 1 heterocycles. The van der Waals surface area contributed by atoms with Crippen LogP contribution in [-0.2, 0) is 14.3 Å². The highest BCUT2D eigenvalue weighted by Gasteiger charge is 2.25. The number of anilines is 1. The number of benzene rings is 1. The van der Waals surface area contributed by atoms with Crippen LogP contribution in [0, 0.1) is 0 Å². The maximum atomic E-state index is 12.2. The molecule has 0 aliphatic carbocycles. The van der Waals surface area contributed by atoms with Gasteiger partial charge in [0.25, 0.3) is 0 Å². The Morgan fingerprint density at radius 1 is 1.45 bits per heavy atom. The van der Waals surface area contributed by atoms with Gasteiger partial charge in [-0.05, 0) is 26.0 Å². The Hall–Kier alpha value is -2.21. The minimum atomic E-state index is -0.646. The highest BCUT2D eigenvalue weighted by Crippen LogP contribution is 2.27. The molecule has 2 N–H and O–H groups in total. The summed E-state index contributed by atoms with van der Waals surface area (Å²) >= 11 is 0. The van der Waals surface area contributed by atoms with E-state index in [2.05, 4.69) is 15.6 Å². The number of nitrogens with zero attached hydrogens (tertiary/aromatic N) is 1. The van der Waals surface area contributed by atoms with Gasteiger partial charge in [0.2, 0.25) is 5.91 Å². The summed E-state index contributed by atoms with van der Waals surface area (Å²) in [6.07, 6.45) is 0. The van der Waals surface area contributed by atoms with Crippen LogP contribution < -0.4 is 10.6 Å². The molecule has 1 aliphatic heterocycles. The maximum Gasteiger partial charge on any atom is 0.319 e. The van der Waals surface area contributed by atoms with Gasteiger partial charge >= 0.3 is 5.97 Å². The van der Waals surface area contributed by atoms with E-state index in [-0.39, 0.29) is 12.5 Å². The van der Waals surface area contributed by atoms with Crippen molar-refractivity contribution in [2.45, 2.75) is 19.9 Å². The molecule has 2 rings (SSSR count). The van der Waals surface area contributed by atoms with Crippen molar-refractivity contribution >= 4 is 29.0 Å². The molecule has 0 saturated heterocycles. The monoisotopic (exact) mass is 275 g/mol. The van der Waals surface area contributed by atoms with Gasteiger partial charge in [0.05, 0.1) is 24.5 Å². The van der Waals surface area contributed by atoms with E-state index >= 15 is 0 Å². The van der Waals surface area contributed by atoms with Gasteiger partial charge in [-0.1, -0.05) is 12.1 Å². The van der Waals surface area contributed by atoms with Crippen LogP contribution in [-0.4, -0.2) is 36.8 Å². The third-order valence-electron chi connectivity index (χ3n) is 2.89. The largest absolute Gasteiger partial charge is 0.465 e. The predicted octanol–water partition coefficient (Wildman–Crippen LogP) is 1.25. The number of carbonyl (C=O) groups excluding carboxylic acids is 2. The molecule has 0 aromatic heterocycles. The number of hydrogen-bond acceptors (Lipinski definition) is 5. The van der Waals surface area contributed by atoms with Crippen LogP contribution in [0.1, 0.15) is 13.8 Å². The third-order valence-corrected chi connectivity index (χ3v) is 2.89. The van der Waals surface area contributed by atoms with Gasteiger partial charge in [-0.3, -0.25) is 19.9 Å². The summed E-state index contributed by atoms with van der Waals surface area (Å²) in [6, 6.07) is 6.65. The van der Waals surface area contributed by atoms with Gasteiger partial charge in [-0.15, -0.1) is 0 Å². The fraction of sp³-hybridized carbons (Fsp3) is 0.357. The number of aliphatic imine (C=N–C) groups is 1.